The maximum absolute atomic E-state index is 11.8. The summed E-state index contributed by atoms with van der Waals surface area (Å²) in [7, 11) is 2.16. The second-order valence-electron chi connectivity index (χ2n) is 6.24. The zero-order valence-electron chi connectivity index (χ0n) is 13.4. The fraction of sp³-hybridized carbons (Fsp3) is 0.800. The van der Waals surface area contributed by atoms with Gasteiger partial charge in [0.1, 0.15) is 6.04 Å². The number of likely N-dealkylation sites (tertiary alicyclic amines) is 2. The van der Waals surface area contributed by atoms with E-state index in [-0.39, 0.29) is 11.9 Å². The Balaban J connectivity index is 1.54. The highest BCUT2D eigenvalue weighted by molar-refractivity contribution is 5.78. The van der Waals surface area contributed by atoms with Crippen LogP contribution in [0.25, 0.3) is 0 Å². The number of carbonyl (C=O) groups is 1. The SMILES string of the molecule is CCN1C(=O)CC[C@H]1c1nc(CNC2CCN(C)CC2)no1. The topological polar surface area (TPSA) is 74.5 Å². The smallest absolute Gasteiger partial charge is 0.249 e. The van der Waals surface area contributed by atoms with E-state index in [1.165, 1.54) is 0 Å². The Morgan fingerprint density at radius 1 is 1.32 bits per heavy atom. The zero-order valence-corrected chi connectivity index (χ0v) is 13.4. The summed E-state index contributed by atoms with van der Waals surface area (Å²) < 4.78 is 5.38. The van der Waals surface area contributed by atoms with Crippen molar-refractivity contribution in [3.05, 3.63) is 11.7 Å². The summed E-state index contributed by atoms with van der Waals surface area (Å²) in [5, 5.41) is 7.56. The minimum atomic E-state index is -0.0397. The summed E-state index contributed by atoms with van der Waals surface area (Å²) in [4.78, 5) is 20.4. The second kappa shape index (κ2) is 6.75. The van der Waals surface area contributed by atoms with Gasteiger partial charge in [0.2, 0.25) is 11.8 Å². The number of hydrogen-bond donors (Lipinski definition) is 1. The maximum Gasteiger partial charge on any atom is 0.249 e. The maximum atomic E-state index is 11.8. The largest absolute Gasteiger partial charge is 0.337 e. The van der Waals surface area contributed by atoms with Crippen molar-refractivity contribution in [1.29, 1.82) is 0 Å². The molecule has 2 fully saturated rings. The molecule has 7 nitrogen and oxygen atoms in total. The van der Waals surface area contributed by atoms with Crippen molar-refractivity contribution in [1.82, 2.24) is 25.3 Å². The van der Waals surface area contributed by atoms with Gasteiger partial charge in [0.05, 0.1) is 6.54 Å². The average molecular weight is 307 g/mol. The van der Waals surface area contributed by atoms with Gasteiger partial charge in [-0.1, -0.05) is 5.16 Å². The normalized spacial score (nSPS) is 24.4. The van der Waals surface area contributed by atoms with Crippen LogP contribution in [0, 0.1) is 0 Å². The molecule has 1 aromatic rings. The molecule has 3 rings (SSSR count). The third-order valence-corrected chi connectivity index (χ3v) is 4.71. The van der Waals surface area contributed by atoms with Crippen LogP contribution in [-0.2, 0) is 11.3 Å². The van der Waals surface area contributed by atoms with Gasteiger partial charge in [-0.3, -0.25) is 4.79 Å². The van der Waals surface area contributed by atoms with Crippen LogP contribution < -0.4 is 5.32 Å². The molecule has 3 heterocycles. The van der Waals surface area contributed by atoms with Gasteiger partial charge in [0.15, 0.2) is 5.82 Å². The number of hydrogen-bond acceptors (Lipinski definition) is 6. The van der Waals surface area contributed by atoms with Gasteiger partial charge in [-0.25, -0.2) is 0 Å². The summed E-state index contributed by atoms with van der Waals surface area (Å²) in [6.07, 6.45) is 3.66. The van der Waals surface area contributed by atoms with Gasteiger partial charge in [0.25, 0.3) is 0 Å². The molecule has 1 aromatic heterocycles. The van der Waals surface area contributed by atoms with Crippen LogP contribution in [0.3, 0.4) is 0 Å². The molecule has 1 amide bonds. The number of nitrogens with zero attached hydrogens (tertiary/aromatic N) is 4. The average Bonchev–Trinajstić information content (AvgIpc) is 3.12. The molecule has 22 heavy (non-hydrogen) atoms. The Kier molecular flexibility index (Phi) is 4.73. The van der Waals surface area contributed by atoms with Crippen molar-refractivity contribution in [2.45, 2.75) is 51.2 Å². The van der Waals surface area contributed by atoms with E-state index in [0.717, 1.165) is 32.4 Å². The van der Waals surface area contributed by atoms with Crippen LogP contribution in [-0.4, -0.2) is 58.6 Å². The van der Waals surface area contributed by atoms with E-state index in [1.807, 2.05) is 11.8 Å². The molecule has 122 valence electrons. The third kappa shape index (κ3) is 3.30. The molecule has 0 aromatic carbocycles. The van der Waals surface area contributed by atoms with Crippen LogP contribution in [0.2, 0.25) is 0 Å². The summed E-state index contributed by atoms with van der Waals surface area (Å²) in [5.74, 6) is 1.44. The van der Waals surface area contributed by atoms with E-state index >= 15 is 0 Å². The molecule has 1 N–H and O–H groups in total. The second-order valence-corrected chi connectivity index (χ2v) is 6.24. The van der Waals surface area contributed by atoms with Crippen LogP contribution >= 0.6 is 0 Å². The zero-order chi connectivity index (χ0) is 15.5. The van der Waals surface area contributed by atoms with Gasteiger partial charge in [-0.05, 0) is 46.3 Å². The van der Waals surface area contributed by atoms with Crippen molar-refractivity contribution >= 4 is 5.91 Å². The molecule has 0 radical (unpaired) electrons. The molecule has 0 unspecified atom stereocenters. The summed E-state index contributed by atoms with van der Waals surface area (Å²) in [6, 6.07) is 0.487. The van der Waals surface area contributed by atoms with Crippen LogP contribution in [0.5, 0.6) is 0 Å². The highest BCUT2D eigenvalue weighted by Crippen LogP contribution is 2.31. The van der Waals surface area contributed by atoms with E-state index < -0.39 is 0 Å². The first-order valence-corrected chi connectivity index (χ1v) is 8.21. The van der Waals surface area contributed by atoms with Crippen LogP contribution in [0.1, 0.15) is 50.4 Å². The monoisotopic (exact) mass is 307 g/mol. The van der Waals surface area contributed by atoms with Gasteiger partial charge in [0, 0.05) is 19.0 Å². The molecule has 2 saturated heterocycles. The van der Waals surface area contributed by atoms with E-state index in [9.17, 15) is 4.79 Å². The van der Waals surface area contributed by atoms with E-state index in [4.69, 9.17) is 4.52 Å². The number of carbonyl (C=O) groups excluding carboxylic acids is 1. The highest BCUT2D eigenvalue weighted by atomic mass is 16.5. The lowest BCUT2D eigenvalue weighted by molar-refractivity contribution is -0.129. The molecule has 0 aliphatic carbocycles. The first kappa shape index (κ1) is 15.4. The fourth-order valence-corrected chi connectivity index (χ4v) is 3.31. The van der Waals surface area contributed by atoms with Crippen molar-refractivity contribution in [3.63, 3.8) is 0 Å². The number of aromatic nitrogens is 2. The van der Waals surface area contributed by atoms with Crippen molar-refractivity contribution in [3.8, 4) is 0 Å². The first-order valence-electron chi connectivity index (χ1n) is 8.21. The van der Waals surface area contributed by atoms with Crippen molar-refractivity contribution < 1.29 is 9.32 Å². The number of amides is 1. The van der Waals surface area contributed by atoms with Crippen LogP contribution in [0.4, 0.5) is 0 Å². The summed E-state index contributed by atoms with van der Waals surface area (Å²) in [6.45, 7) is 5.56. The lowest BCUT2D eigenvalue weighted by atomic mass is 10.1. The van der Waals surface area contributed by atoms with Gasteiger partial charge in [-0.2, -0.15) is 4.98 Å². The Hall–Kier alpha value is -1.47. The van der Waals surface area contributed by atoms with E-state index in [0.29, 0.717) is 37.3 Å². The minimum Gasteiger partial charge on any atom is -0.337 e. The Bertz CT molecular complexity index is 510. The number of nitrogens with one attached hydrogen (secondary N) is 1. The standard InChI is InChI=1S/C15H25N5O2/c1-3-20-12(4-5-14(20)21)15-17-13(18-22-15)10-16-11-6-8-19(2)9-7-11/h11-12,16H,3-10H2,1-2H3/t12-/m0/s1. The van der Waals surface area contributed by atoms with E-state index in [1.54, 1.807) is 0 Å². The molecule has 2 aliphatic heterocycles. The fourth-order valence-electron chi connectivity index (χ4n) is 3.31. The molecule has 7 heteroatoms. The van der Waals surface area contributed by atoms with Crippen molar-refractivity contribution in [2.24, 2.45) is 0 Å². The van der Waals surface area contributed by atoms with Crippen molar-refractivity contribution in [2.75, 3.05) is 26.7 Å². The Labute approximate surface area is 131 Å². The minimum absolute atomic E-state index is 0.0397. The van der Waals surface area contributed by atoms with Gasteiger partial charge < -0.3 is 19.6 Å². The van der Waals surface area contributed by atoms with Gasteiger partial charge in [-0.15, -0.1) is 0 Å². The molecular weight excluding hydrogens is 282 g/mol. The molecule has 0 spiro atoms. The number of rotatable bonds is 5. The lowest BCUT2D eigenvalue weighted by Gasteiger charge is -2.29. The lowest BCUT2D eigenvalue weighted by Crippen LogP contribution is -2.40. The predicted octanol–water partition coefficient (Wildman–Crippen LogP) is 0.937. The third-order valence-electron chi connectivity index (χ3n) is 4.71. The number of piperidine rings is 1. The summed E-state index contributed by atoms with van der Waals surface area (Å²) >= 11 is 0. The molecule has 0 saturated carbocycles. The molecule has 0 bridgehead atoms. The Morgan fingerprint density at radius 2 is 2.09 bits per heavy atom. The molecule has 2 aliphatic rings. The van der Waals surface area contributed by atoms with E-state index in [2.05, 4.69) is 27.4 Å². The molecule has 1 atom stereocenters. The summed E-state index contributed by atoms with van der Waals surface area (Å²) in [5.41, 5.74) is 0. The highest BCUT2D eigenvalue weighted by Gasteiger charge is 2.34. The van der Waals surface area contributed by atoms with Crippen LogP contribution in [0.15, 0.2) is 4.52 Å². The quantitative estimate of drug-likeness (QED) is 0.872. The van der Waals surface area contributed by atoms with Gasteiger partial charge >= 0.3 is 0 Å². The predicted molar refractivity (Wildman–Crippen MR) is 81.0 cm³/mol. The molecular formula is C15H25N5O2. The Morgan fingerprint density at radius 3 is 2.82 bits per heavy atom. The first-order chi connectivity index (χ1) is 10.7.